The van der Waals surface area contributed by atoms with Gasteiger partial charge in [0.15, 0.2) is 0 Å². The zero-order chi connectivity index (χ0) is 26.4. The number of hydrogen-bond donors (Lipinski definition) is 0. The molecule has 9 atom stereocenters. The molecule has 0 N–H and O–H groups in total. The van der Waals surface area contributed by atoms with Crippen LogP contribution in [0.15, 0.2) is 25.3 Å². The molecule has 0 heterocycles. The zero-order valence-electron chi connectivity index (χ0n) is 25.5. The maximum Gasteiger partial charge on any atom is -0.0169 e. The molecule has 0 spiro atoms. The third-order valence-electron chi connectivity index (χ3n) is 15.3. The number of hydrogen-bond acceptors (Lipinski definition) is 0. The fourth-order valence-electron chi connectivity index (χ4n) is 13.2. The monoisotopic (exact) mass is 492 g/mol. The van der Waals surface area contributed by atoms with E-state index < -0.39 is 0 Å². The van der Waals surface area contributed by atoms with E-state index in [1.54, 1.807) is 0 Å². The fraction of sp³-hybridized carbons (Fsp3) is 0.889. The van der Waals surface area contributed by atoms with Gasteiger partial charge in [0.2, 0.25) is 0 Å². The quantitative estimate of drug-likeness (QED) is 0.335. The summed E-state index contributed by atoms with van der Waals surface area (Å²) >= 11 is 0. The van der Waals surface area contributed by atoms with Crippen molar-refractivity contribution in [3.05, 3.63) is 25.3 Å². The highest BCUT2D eigenvalue weighted by Crippen LogP contribution is 2.80. The molecule has 0 aromatic heterocycles. The van der Waals surface area contributed by atoms with Crippen LogP contribution in [-0.4, -0.2) is 0 Å². The Labute approximate surface area is 225 Å². The highest BCUT2D eigenvalue weighted by molar-refractivity contribution is 5.22. The molecule has 0 nitrogen and oxygen atoms in total. The van der Waals surface area contributed by atoms with E-state index in [4.69, 9.17) is 0 Å². The van der Waals surface area contributed by atoms with Crippen molar-refractivity contribution in [2.45, 2.75) is 132 Å². The molecule has 5 saturated carbocycles. The molecule has 0 radical (unpaired) electrons. The first kappa shape index (κ1) is 27.1. The summed E-state index contributed by atoms with van der Waals surface area (Å²) in [6.07, 6.45) is 21.4. The molecule has 36 heavy (non-hydrogen) atoms. The molecule has 0 bridgehead atoms. The molecule has 4 unspecified atom stereocenters. The minimum absolute atomic E-state index is 0.337. The number of fused-ring (bicyclic) bond motifs is 7. The van der Waals surface area contributed by atoms with E-state index in [0.29, 0.717) is 32.5 Å². The molecule has 0 aliphatic heterocycles. The minimum atomic E-state index is 0.337. The third kappa shape index (κ3) is 3.24. The van der Waals surface area contributed by atoms with Crippen molar-refractivity contribution in [1.82, 2.24) is 0 Å². The van der Waals surface area contributed by atoms with Gasteiger partial charge < -0.3 is 0 Å². The highest BCUT2D eigenvalue weighted by atomic mass is 14.8. The van der Waals surface area contributed by atoms with Crippen molar-refractivity contribution in [3.63, 3.8) is 0 Å². The van der Waals surface area contributed by atoms with Gasteiger partial charge in [-0.15, -0.1) is 13.2 Å². The number of allylic oxidation sites excluding steroid dienone is 2. The first-order chi connectivity index (χ1) is 16.8. The highest BCUT2D eigenvalue weighted by Gasteiger charge is 2.73. The van der Waals surface area contributed by atoms with Crippen LogP contribution in [0.5, 0.6) is 0 Å². The van der Waals surface area contributed by atoms with Crippen LogP contribution in [0, 0.1) is 68.0 Å². The molecule has 0 heteroatoms. The molecule has 5 fully saturated rings. The van der Waals surface area contributed by atoms with E-state index in [1.165, 1.54) is 77.0 Å². The summed E-state index contributed by atoms with van der Waals surface area (Å²) in [5.74, 6) is 5.31. The van der Waals surface area contributed by atoms with Gasteiger partial charge in [-0.3, -0.25) is 0 Å². The fourth-order valence-corrected chi connectivity index (χ4v) is 13.2. The van der Waals surface area contributed by atoms with E-state index in [-0.39, 0.29) is 0 Å². The summed E-state index contributed by atoms with van der Waals surface area (Å²) in [4.78, 5) is 0. The van der Waals surface area contributed by atoms with Crippen molar-refractivity contribution in [1.29, 1.82) is 0 Å². The largest absolute Gasteiger partial charge is 0.103 e. The van der Waals surface area contributed by atoms with Crippen molar-refractivity contribution < 1.29 is 0 Å². The molecule has 5 aliphatic rings. The Morgan fingerprint density at radius 2 is 1.36 bits per heavy atom. The second-order valence-corrected chi connectivity index (χ2v) is 16.8. The molecule has 5 aliphatic carbocycles. The van der Waals surface area contributed by atoms with Gasteiger partial charge in [-0.1, -0.05) is 67.5 Å². The molecule has 0 aromatic carbocycles. The SMILES string of the molecule is C=CCC1(CC=C)CCC(C)(C)C2CC[C@]3(C)C(CCC4C5[C@@H](C(C)C)CC[C@]5(C)CC[C@]43C)[C@]21C. The van der Waals surface area contributed by atoms with Crippen LogP contribution in [0.2, 0.25) is 0 Å². The smallest absolute Gasteiger partial charge is 0.0169 e. The van der Waals surface area contributed by atoms with Gasteiger partial charge in [-0.25, -0.2) is 0 Å². The summed E-state index contributed by atoms with van der Waals surface area (Å²) in [5.41, 5.74) is 2.69. The van der Waals surface area contributed by atoms with Crippen LogP contribution in [-0.2, 0) is 0 Å². The van der Waals surface area contributed by atoms with Gasteiger partial charge in [0.05, 0.1) is 0 Å². The Balaban J connectivity index is 1.62. The lowest BCUT2D eigenvalue weighted by molar-refractivity contribution is -0.271. The topological polar surface area (TPSA) is 0 Å². The summed E-state index contributed by atoms with van der Waals surface area (Å²) in [6, 6.07) is 0. The van der Waals surface area contributed by atoms with Crippen LogP contribution < -0.4 is 0 Å². The van der Waals surface area contributed by atoms with E-state index in [1.807, 2.05) is 0 Å². The molecule has 204 valence electrons. The van der Waals surface area contributed by atoms with E-state index in [9.17, 15) is 0 Å². The summed E-state index contributed by atoms with van der Waals surface area (Å²) in [7, 11) is 0. The third-order valence-corrected chi connectivity index (χ3v) is 15.3. The van der Waals surface area contributed by atoms with Gasteiger partial charge >= 0.3 is 0 Å². The maximum atomic E-state index is 4.32. The summed E-state index contributed by atoms with van der Waals surface area (Å²) in [5, 5.41) is 0. The van der Waals surface area contributed by atoms with Crippen molar-refractivity contribution in [2.75, 3.05) is 0 Å². The Morgan fingerprint density at radius 1 is 0.694 bits per heavy atom. The van der Waals surface area contributed by atoms with E-state index in [2.05, 4.69) is 80.7 Å². The van der Waals surface area contributed by atoms with Crippen LogP contribution in [0.25, 0.3) is 0 Å². The predicted octanol–water partition coefficient (Wildman–Crippen LogP) is 10.9. The van der Waals surface area contributed by atoms with E-state index in [0.717, 1.165) is 35.5 Å². The van der Waals surface area contributed by atoms with Crippen molar-refractivity contribution in [3.8, 4) is 0 Å². The van der Waals surface area contributed by atoms with Crippen molar-refractivity contribution in [2.24, 2.45) is 68.0 Å². The molecule has 0 saturated heterocycles. The molecular weight excluding hydrogens is 432 g/mol. The van der Waals surface area contributed by atoms with Gasteiger partial charge in [0.25, 0.3) is 0 Å². The summed E-state index contributed by atoms with van der Waals surface area (Å²) < 4.78 is 0. The number of rotatable bonds is 5. The molecule has 0 amide bonds. The van der Waals surface area contributed by atoms with Gasteiger partial charge in [0, 0.05) is 0 Å². The normalized spacial score (nSPS) is 51.0. The average molecular weight is 493 g/mol. The second kappa shape index (κ2) is 8.49. The van der Waals surface area contributed by atoms with Gasteiger partial charge in [-0.05, 0) is 145 Å². The first-order valence-electron chi connectivity index (χ1n) is 16.0. The molecular formula is C36H60. The lowest BCUT2D eigenvalue weighted by atomic mass is 9.29. The van der Waals surface area contributed by atoms with Crippen LogP contribution >= 0.6 is 0 Å². The molecule has 0 aromatic rings. The maximum absolute atomic E-state index is 4.32. The lowest BCUT2D eigenvalue weighted by Crippen LogP contribution is -2.69. The minimum Gasteiger partial charge on any atom is -0.103 e. The zero-order valence-corrected chi connectivity index (χ0v) is 25.5. The van der Waals surface area contributed by atoms with Crippen LogP contribution in [0.4, 0.5) is 0 Å². The van der Waals surface area contributed by atoms with Crippen LogP contribution in [0.3, 0.4) is 0 Å². The summed E-state index contributed by atoms with van der Waals surface area (Å²) in [6.45, 7) is 30.1. The van der Waals surface area contributed by atoms with Gasteiger partial charge in [0.1, 0.15) is 0 Å². The Bertz CT molecular complexity index is 866. The van der Waals surface area contributed by atoms with Crippen molar-refractivity contribution >= 4 is 0 Å². The van der Waals surface area contributed by atoms with Crippen LogP contribution in [0.1, 0.15) is 132 Å². The first-order valence-corrected chi connectivity index (χ1v) is 16.0. The lowest BCUT2D eigenvalue weighted by Gasteiger charge is -2.76. The molecule has 5 rings (SSSR count). The standard InChI is InChI=1S/C36H60/c1-11-17-36(18-12-2)24-21-31(5,6)28-16-20-34(9)29(35(28,36)10)14-13-27-30-26(25(3)4)15-19-32(30,7)22-23-33(27,34)8/h11-12,25-30H,1-2,13-24H2,3-10H3/t26-,27?,28?,29?,30?,32-,33-,34-,35+/m1/s1. The van der Waals surface area contributed by atoms with E-state index >= 15 is 0 Å². The second-order valence-electron chi connectivity index (χ2n) is 16.8. The Morgan fingerprint density at radius 3 is 1.97 bits per heavy atom. The van der Waals surface area contributed by atoms with Gasteiger partial charge in [-0.2, -0.15) is 0 Å². The Hall–Kier alpha value is -0.520. The Kier molecular flexibility index (Phi) is 6.38. The average Bonchev–Trinajstić information content (AvgIpc) is 3.15. The predicted molar refractivity (Wildman–Crippen MR) is 157 cm³/mol.